The summed E-state index contributed by atoms with van der Waals surface area (Å²) in [5.74, 6) is 0.136. The summed E-state index contributed by atoms with van der Waals surface area (Å²) in [7, 11) is 0. The second kappa shape index (κ2) is 10.0. The molecule has 0 aromatic heterocycles. The fourth-order valence-electron chi connectivity index (χ4n) is 3.59. The van der Waals surface area contributed by atoms with Crippen LogP contribution in [0.5, 0.6) is 5.75 Å². The van der Waals surface area contributed by atoms with Crippen LogP contribution in [0, 0.1) is 0 Å². The van der Waals surface area contributed by atoms with Gasteiger partial charge in [0.05, 0.1) is 0 Å². The number of carbonyl (C=O) groups is 1. The van der Waals surface area contributed by atoms with Crippen molar-refractivity contribution in [3.8, 4) is 5.75 Å². The van der Waals surface area contributed by atoms with Crippen LogP contribution >= 0.6 is 11.6 Å². The first-order valence-electron chi connectivity index (χ1n) is 9.95. The van der Waals surface area contributed by atoms with Crippen LogP contribution in [0.3, 0.4) is 0 Å². The van der Waals surface area contributed by atoms with Gasteiger partial charge in [0.25, 0.3) is 0 Å². The Morgan fingerprint density at radius 3 is 1.61 bits per heavy atom. The summed E-state index contributed by atoms with van der Waals surface area (Å²) in [5, 5.41) is 0.553. The van der Waals surface area contributed by atoms with E-state index in [4.69, 9.17) is 19.4 Å². The van der Waals surface area contributed by atoms with E-state index >= 15 is 0 Å². The monoisotopic (exact) mass is 536 g/mol. The number of hydrogen-bond acceptors (Lipinski definition) is 3. The molecular formula is C26H21ClO3Sn. The molecule has 0 radical (unpaired) electrons. The predicted molar refractivity (Wildman–Crippen MR) is 127 cm³/mol. The van der Waals surface area contributed by atoms with Crippen LogP contribution in [0.15, 0.2) is 115 Å². The molecule has 0 amide bonds. The molecule has 4 rings (SSSR count). The van der Waals surface area contributed by atoms with Gasteiger partial charge in [-0.3, -0.25) is 0 Å². The number of rotatable bonds is 7. The van der Waals surface area contributed by atoms with Crippen molar-refractivity contribution in [3.05, 3.63) is 120 Å². The van der Waals surface area contributed by atoms with Crippen LogP contribution in [-0.2, 0) is 7.87 Å². The van der Waals surface area contributed by atoms with E-state index in [1.54, 1.807) is 24.3 Å². The molecule has 0 heterocycles. The third-order valence-electron chi connectivity index (χ3n) is 4.96. The average molecular weight is 536 g/mol. The number of carbonyl (C=O) groups excluding carboxylic acids is 1. The van der Waals surface area contributed by atoms with Crippen molar-refractivity contribution in [2.75, 3.05) is 6.61 Å². The summed E-state index contributed by atoms with van der Waals surface area (Å²) in [6.45, 7) is -0.189. The van der Waals surface area contributed by atoms with Crippen molar-refractivity contribution in [1.29, 1.82) is 0 Å². The van der Waals surface area contributed by atoms with Gasteiger partial charge in [0, 0.05) is 0 Å². The Balaban J connectivity index is 1.74. The van der Waals surface area contributed by atoms with Gasteiger partial charge in [-0.1, -0.05) is 0 Å². The van der Waals surface area contributed by atoms with Crippen molar-refractivity contribution in [3.63, 3.8) is 0 Å². The second-order valence-electron chi connectivity index (χ2n) is 7.00. The average Bonchev–Trinajstić information content (AvgIpc) is 2.83. The molecule has 0 saturated carbocycles. The number of ether oxygens (including phenoxy) is 1. The Kier molecular flexibility index (Phi) is 6.95. The van der Waals surface area contributed by atoms with E-state index in [1.165, 1.54) is 0 Å². The summed E-state index contributed by atoms with van der Waals surface area (Å²) in [6.07, 6.45) is 0. The third-order valence-corrected chi connectivity index (χ3v) is 16.5. The number of halogens is 1. The van der Waals surface area contributed by atoms with Gasteiger partial charge in [-0.15, -0.1) is 0 Å². The van der Waals surface area contributed by atoms with Crippen LogP contribution < -0.4 is 15.5 Å². The Morgan fingerprint density at radius 1 is 0.677 bits per heavy atom. The standard InChI is InChI=1S/C8H7ClO3.3C6H5.Sn/c9-6-2-1-3-7(4-6)12-5-8(10)11;3*1-2-4-6-5-3-1;/h1-4H,5H2,(H,10,11);3*1-5H;/q;;;;+1/p-1. The van der Waals surface area contributed by atoms with E-state index in [0.29, 0.717) is 10.8 Å². The maximum atomic E-state index is 13.1. The Labute approximate surface area is 191 Å². The van der Waals surface area contributed by atoms with Gasteiger partial charge in [-0.2, -0.15) is 0 Å². The minimum absolute atomic E-state index is 0.189. The Hall–Kier alpha value is -2.76. The first kappa shape index (κ1) is 21.5. The number of hydrogen-bond donors (Lipinski definition) is 0. The first-order valence-corrected chi connectivity index (χ1v) is 15.8. The van der Waals surface area contributed by atoms with Crippen LogP contribution in [-0.4, -0.2) is 31.4 Å². The zero-order valence-corrected chi connectivity index (χ0v) is 20.4. The third kappa shape index (κ3) is 4.94. The van der Waals surface area contributed by atoms with Gasteiger partial charge in [-0.05, 0) is 0 Å². The maximum absolute atomic E-state index is 13.1. The molecule has 0 fully saturated rings. The molecule has 3 nitrogen and oxygen atoms in total. The van der Waals surface area contributed by atoms with Gasteiger partial charge in [0.15, 0.2) is 0 Å². The normalized spacial score (nSPS) is 11.0. The fraction of sp³-hybridized carbons (Fsp3) is 0.0385. The molecule has 0 aliphatic carbocycles. The molecule has 0 aliphatic heterocycles. The fourth-order valence-corrected chi connectivity index (χ4v) is 14.4. The van der Waals surface area contributed by atoms with Gasteiger partial charge in [0.1, 0.15) is 0 Å². The Bertz CT molecular complexity index is 1040. The zero-order valence-electron chi connectivity index (χ0n) is 16.8. The van der Waals surface area contributed by atoms with Crippen molar-refractivity contribution >= 4 is 47.1 Å². The number of benzene rings is 4. The molecule has 0 saturated heterocycles. The quantitative estimate of drug-likeness (QED) is 0.337. The second-order valence-corrected chi connectivity index (χ2v) is 16.9. The van der Waals surface area contributed by atoms with Gasteiger partial charge >= 0.3 is 192 Å². The van der Waals surface area contributed by atoms with Gasteiger partial charge in [-0.25, -0.2) is 0 Å². The van der Waals surface area contributed by atoms with E-state index in [0.717, 1.165) is 10.7 Å². The van der Waals surface area contributed by atoms with Crippen molar-refractivity contribution in [2.45, 2.75) is 0 Å². The summed E-state index contributed by atoms with van der Waals surface area (Å²) in [5.41, 5.74) is 0. The van der Waals surface area contributed by atoms with Crippen LogP contribution in [0.4, 0.5) is 0 Å². The minimum atomic E-state index is -4.10. The summed E-state index contributed by atoms with van der Waals surface area (Å²) in [6, 6.07) is 37.2. The van der Waals surface area contributed by atoms with E-state index < -0.39 is 24.8 Å². The van der Waals surface area contributed by atoms with Crippen LogP contribution in [0.2, 0.25) is 5.02 Å². The zero-order chi connectivity index (χ0) is 21.5. The molecule has 0 bridgehead atoms. The molecule has 0 spiro atoms. The summed E-state index contributed by atoms with van der Waals surface area (Å²) in [4.78, 5) is 13.1. The summed E-state index contributed by atoms with van der Waals surface area (Å²) >= 11 is 1.92. The van der Waals surface area contributed by atoms with E-state index in [9.17, 15) is 4.79 Å². The molecule has 4 aromatic rings. The molecule has 154 valence electrons. The molecule has 4 aromatic carbocycles. The SMILES string of the molecule is O=C(COc1cccc(Cl)c1)[O][Sn]([c]1ccccc1)([c]1ccccc1)[c]1ccccc1. The topological polar surface area (TPSA) is 35.5 Å². The van der Waals surface area contributed by atoms with E-state index in [2.05, 4.69) is 36.4 Å². The van der Waals surface area contributed by atoms with Crippen molar-refractivity contribution in [1.82, 2.24) is 0 Å². The van der Waals surface area contributed by atoms with Crippen molar-refractivity contribution in [2.24, 2.45) is 0 Å². The van der Waals surface area contributed by atoms with Crippen LogP contribution in [0.25, 0.3) is 0 Å². The predicted octanol–water partition coefficient (Wildman–Crippen LogP) is 3.93. The Morgan fingerprint density at radius 2 is 1.16 bits per heavy atom. The van der Waals surface area contributed by atoms with Gasteiger partial charge in [0.2, 0.25) is 0 Å². The molecule has 5 heteroatoms. The van der Waals surface area contributed by atoms with Gasteiger partial charge < -0.3 is 0 Å². The molecule has 0 atom stereocenters. The molecule has 31 heavy (non-hydrogen) atoms. The summed E-state index contributed by atoms with van der Waals surface area (Å²) < 4.78 is 15.3. The van der Waals surface area contributed by atoms with Crippen molar-refractivity contribution < 1.29 is 12.6 Å². The molecule has 0 aliphatic rings. The molecular weight excluding hydrogens is 514 g/mol. The van der Waals surface area contributed by atoms with Crippen LogP contribution in [0.1, 0.15) is 0 Å². The molecule has 0 N–H and O–H groups in total. The van der Waals surface area contributed by atoms with E-state index in [1.807, 2.05) is 54.6 Å². The first-order chi connectivity index (χ1) is 15.2. The molecule has 0 unspecified atom stereocenters. The van der Waals surface area contributed by atoms with E-state index in [-0.39, 0.29) is 6.61 Å².